The predicted octanol–water partition coefficient (Wildman–Crippen LogP) is 4.02. The summed E-state index contributed by atoms with van der Waals surface area (Å²) >= 11 is 0. The Hall–Kier alpha value is -4.14. The fraction of sp³-hybridized carbons (Fsp3) is 0. The van der Waals surface area contributed by atoms with Gasteiger partial charge in [-0.05, 0) is 52.9 Å². The van der Waals surface area contributed by atoms with Gasteiger partial charge in [-0.25, -0.2) is 13.3 Å². The number of sulfone groups is 1. The van der Waals surface area contributed by atoms with Crippen molar-refractivity contribution in [1.82, 2.24) is 4.98 Å². The normalized spacial score (nSPS) is 14.2. The van der Waals surface area contributed by atoms with Crippen molar-refractivity contribution in [1.29, 1.82) is 5.26 Å². The second-order valence-corrected chi connectivity index (χ2v) is 8.11. The highest BCUT2D eigenvalue weighted by molar-refractivity contribution is 7.94. The Kier molecular flexibility index (Phi) is 4.27. The van der Waals surface area contributed by atoms with Gasteiger partial charge in [0, 0.05) is 22.8 Å². The molecule has 1 aromatic heterocycles. The minimum absolute atomic E-state index is 0.112. The Morgan fingerprint density at radius 3 is 2.83 bits per heavy atom. The van der Waals surface area contributed by atoms with Crippen molar-refractivity contribution >= 4 is 50.2 Å². The molecule has 29 heavy (non-hydrogen) atoms. The van der Waals surface area contributed by atoms with Crippen LogP contribution in [0, 0.1) is 17.9 Å². The lowest BCUT2D eigenvalue weighted by Crippen LogP contribution is -2.13. The number of nitrogens with one attached hydrogen (secondary N) is 2. The van der Waals surface area contributed by atoms with Crippen molar-refractivity contribution in [3.8, 4) is 6.07 Å². The zero-order valence-electron chi connectivity index (χ0n) is 14.8. The molecular weight excluding hydrogens is 388 g/mol. The quantitative estimate of drug-likeness (QED) is 0.393. The first kappa shape index (κ1) is 18.2. The van der Waals surface area contributed by atoms with Gasteiger partial charge in [-0.3, -0.25) is 4.79 Å². The smallest absolute Gasteiger partial charge is 0.266 e. The molecule has 8 heteroatoms. The Balaban J connectivity index is 1.65. The standard InChI is InChI=1S/C21H12N4O3S/c1-23-16-4-5-19-18(9-16)15(12-24-19)8-14(11-22)21(26)25-17-3-2-13-6-7-29(27,28)20(13)10-17/h2-10,12,24H,(H,25,26)/b14-8+. The summed E-state index contributed by atoms with van der Waals surface area (Å²) in [5.74, 6) is -0.661. The summed E-state index contributed by atoms with van der Waals surface area (Å²) in [6, 6.07) is 11.5. The third-order valence-corrected chi connectivity index (χ3v) is 5.96. The minimum atomic E-state index is -3.50. The highest BCUT2D eigenvalue weighted by Crippen LogP contribution is 2.30. The van der Waals surface area contributed by atoms with E-state index >= 15 is 0 Å². The van der Waals surface area contributed by atoms with Crippen LogP contribution in [0.2, 0.25) is 0 Å². The van der Waals surface area contributed by atoms with Crippen molar-refractivity contribution in [3.05, 3.63) is 76.1 Å². The molecule has 0 spiro atoms. The molecule has 7 nitrogen and oxygen atoms in total. The molecule has 0 unspecified atom stereocenters. The molecule has 1 aliphatic rings. The van der Waals surface area contributed by atoms with Crippen LogP contribution >= 0.6 is 0 Å². The zero-order chi connectivity index (χ0) is 20.6. The van der Waals surface area contributed by atoms with Crippen molar-refractivity contribution in [2.75, 3.05) is 5.32 Å². The number of carbonyl (C=O) groups is 1. The van der Waals surface area contributed by atoms with E-state index in [2.05, 4.69) is 15.1 Å². The number of nitriles is 1. The maximum Gasteiger partial charge on any atom is 0.266 e. The third-order valence-electron chi connectivity index (χ3n) is 4.50. The molecule has 3 aromatic rings. The Morgan fingerprint density at radius 2 is 2.07 bits per heavy atom. The molecule has 0 atom stereocenters. The highest BCUT2D eigenvalue weighted by atomic mass is 32.2. The van der Waals surface area contributed by atoms with Crippen LogP contribution < -0.4 is 5.32 Å². The van der Waals surface area contributed by atoms with Gasteiger partial charge in [-0.1, -0.05) is 12.1 Å². The van der Waals surface area contributed by atoms with E-state index in [1.54, 1.807) is 36.5 Å². The van der Waals surface area contributed by atoms with E-state index in [4.69, 9.17) is 6.57 Å². The van der Waals surface area contributed by atoms with Crippen LogP contribution in [0.5, 0.6) is 0 Å². The first-order chi connectivity index (χ1) is 13.9. The van der Waals surface area contributed by atoms with Gasteiger partial charge >= 0.3 is 0 Å². The van der Waals surface area contributed by atoms with Gasteiger partial charge < -0.3 is 10.3 Å². The van der Waals surface area contributed by atoms with Crippen molar-refractivity contribution in [2.45, 2.75) is 4.90 Å². The number of rotatable bonds is 3. The monoisotopic (exact) mass is 400 g/mol. The minimum Gasteiger partial charge on any atom is -0.361 e. The largest absolute Gasteiger partial charge is 0.361 e. The van der Waals surface area contributed by atoms with Gasteiger partial charge in [0.2, 0.25) is 9.84 Å². The van der Waals surface area contributed by atoms with Crippen LogP contribution in [0.15, 0.2) is 58.5 Å². The fourth-order valence-electron chi connectivity index (χ4n) is 3.05. The lowest BCUT2D eigenvalue weighted by Gasteiger charge is -2.06. The average Bonchev–Trinajstić information content (AvgIpc) is 3.25. The van der Waals surface area contributed by atoms with Crippen LogP contribution in [-0.2, 0) is 14.6 Å². The van der Waals surface area contributed by atoms with Gasteiger partial charge in [-0.2, -0.15) is 5.26 Å². The maximum absolute atomic E-state index is 12.6. The maximum atomic E-state index is 12.6. The number of benzene rings is 2. The number of amides is 1. The number of hydrogen-bond donors (Lipinski definition) is 2. The van der Waals surface area contributed by atoms with Crippen molar-refractivity contribution < 1.29 is 13.2 Å². The molecular formula is C21H12N4O3S. The molecule has 0 saturated carbocycles. The lowest BCUT2D eigenvalue weighted by molar-refractivity contribution is -0.112. The average molecular weight is 400 g/mol. The van der Waals surface area contributed by atoms with Gasteiger partial charge in [-0.15, -0.1) is 0 Å². The number of carbonyl (C=O) groups excluding carboxylic acids is 1. The molecule has 1 aliphatic heterocycles. The number of hydrogen-bond acceptors (Lipinski definition) is 4. The fourth-order valence-corrected chi connectivity index (χ4v) is 4.28. The van der Waals surface area contributed by atoms with Gasteiger partial charge in [0.25, 0.3) is 5.91 Å². The number of aromatic amines is 1. The number of aromatic nitrogens is 1. The van der Waals surface area contributed by atoms with Gasteiger partial charge in [0.15, 0.2) is 5.69 Å². The van der Waals surface area contributed by atoms with E-state index in [1.165, 1.54) is 18.2 Å². The molecule has 1 amide bonds. The summed E-state index contributed by atoms with van der Waals surface area (Å²) in [5.41, 5.74) is 2.49. The Morgan fingerprint density at radius 1 is 1.24 bits per heavy atom. The highest BCUT2D eigenvalue weighted by Gasteiger charge is 2.21. The molecule has 4 rings (SSSR count). The summed E-state index contributed by atoms with van der Waals surface area (Å²) in [7, 11) is -3.50. The summed E-state index contributed by atoms with van der Waals surface area (Å²) in [5, 5.41) is 13.8. The summed E-state index contributed by atoms with van der Waals surface area (Å²) in [6.45, 7) is 7.13. The number of H-pyrrole nitrogens is 1. The van der Waals surface area contributed by atoms with E-state index in [9.17, 15) is 18.5 Å². The molecule has 0 radical (unpaired) electrons. The molecule has 2 heterocycles. The van der Waals surface area contributed by atoms with Crippen LogP contribution in [0.3, 0.4) is 0 Å². The zero-order valence-corrected chi connectivity index (χ0v) is 15.6. The van der Waals surface area contributed by atoms with Gasteiger partial charge in [0.1, 0.15) is 11.6 Å². The molecule has 0 aliphatic carbocycles. The topological polar surface area (TPSA) is 107 Å². The molecule has 2 N–H and O–H groups in total. The molecule has 2 aromatic carbocycles. The summed E-state index contributed by atoms with van der Waals surface area (Å²) < 4.78 is 24.0. The molecule has 0 fully saturated rings. The molecule has 0 bridgehead atoms. The van der Waals surface area contributed by atoms with Crippen LogP contribution in [-0.4, -0.2) is 19.3 Å². The first-order valence-corrected chi connectivity index (χ1v) is 9.95. The summed E-state index contributed by atoms with van der Waals surface area (Å²) in [6.07, 6.45) is 4.56. The Labute approximate surface area is 166 Å². The first-order valence-electron chi connectivity index (χ1n) is 8.40. The lowest BCUT2D eigenvalue weighted by atomic mass is 10.1. The van der Waals surface area contributed by atoms with Crippen LogP contribution in [0.25, 0.3) is 27.9 Å². The number of fused-ring (bicyclic) bond motifs is 2. The van der Waals surface area contributed by atoms with E-state index in [0.717, 1.165) is 10.9 Å². The second kappa shape index (κ2) is 6.79. The van der Waals surface area contributed by atoms with Crippen molar-refractivity contribution in [3.63, 3.8) is 0 Å². The van der Waals surface area contributed by atoms with E-state index < -0.39 is 15.7 Å². The molecule has 140 valence electrons. The Bertz CT molecular complexity index is 1430. The summed E-state index contributed by atoms with van der Waals surface area (Å²) in [4.78, 5) is 19.1. The number of nitrogens with zero attached hydrogens (tertiary/aromatic N) is 2. The second-order valence-electron chi connectivity index (χ2n) is 6.31. The van der Waals surface area contributed by atoms with Crippen LogP contribution in [0.4, 0.5) is 11.4 Å². The van der Waals surface area contributed by atoms with E-state index in [0.29, 0.717) is 22.2 Å². The SMILES string of the molecule is [C-]#[N+]c1ccc2[nH]cc(/C=C(\C#N)C(=O)Nc3ccc4c(c3)S(=O)(=O)C=C4)c2c1. The van der Waals surface area contributed by atoms with Crippen molar-refractivity contribution in [2.24, 2.45) is 0 Å². The number of anilines is 1. The molecule has 0 saturated heterocycles. The van der Waals surface area contributed by atoms with E-state index in [1.807, 2.05) is 6.07 Å². The third kappa shape index (κ3) is 3.29. The van der Waals surface area contributed by atoms with E-state index in [-0.39, 0.29) is 16.2 Å². The van der Waals surface area contributed by atoms with Crippen LogP contribution in [0.1, 0.15) is 11.1 Å². The predicted molar refractivity (Wildman–Crippen MR) is 109 cm³/mol. The van der Waals surface area contributed by atoms with Gasteiger partial charge in [0.05, 0.1) is 11.5 Å².